The second-order valence-electron chi connectivity index (χ2n) is 4.60. The molecule has 0 bridgehead atoms. The minimum atomic E-state index is 0.124. The van der Waals surface area contributed by atoms with Gasteiger partial charge in [-0.2, -0.15) is 0 Å². The van der Waals surface area contributed by atoms with E-state index in [4.69, 9.17) is 0 Å². The molecular weight excluding hydrogens is 214 g/mol. The average Bonchev–Trinajstić information content (AvgIpc) is 2.77. The lowest BCUT2D eigenvalue weighted by molar-refractivity contribution is -0.125. The van der Waals surface area contributed by atoms with Crippen molar-refractivity contribution in [2.75, 3.05) is 19.6 Å². The highest BCUT2D eigenvalue weighted by Gasteiger charge is 2.28. The van der Waals surface area contributed by atoms with Crippen LogP contribution < -0.4 is 10.6 Å². The SMILES string of the molecule is CC1CNCC1C(=O)NCCc1ccccn1. The zero-order valence-corrected chi connectivity index (χ0v) is 10.1. The van der Waals surface area contributed by atoms with E-state index in [1.54, 1.807) is 6.20 Å². The fourth-order valence-corrected chi connectivity index (χ4v) is 2.15. The summed E-state index contributed by atoms with van der Waals surface area (Å²) in [5.41, 5.74) is 1.02. The molecule has 1 aromatic heterocycles. The van der Waals surface area contributed by atoms with Gasteiger partial charge in [-0.15, -0.1) is 0 Å². The van der Waals surface area contributed by atoms with E-state index in [9.17, 15) is 4.79 Å². The Morgan fingerprint density at radius 1 is 1.53 bits per heavy atom. The van der Waals surface area contributed by atoms with Crippen LogP contribution in [0.15, 0.2) is 24.4 Å². The first-order valence-corrected chi connectivity index (χ1v) is 6.15. The third-order valence-electron chi connectivity index (χ3n) is 3.26. The highest BCUT2D eigenvalue weighted by Crippen LogP contribution is 2.15. The summed E-state index contributed by atoms with van der Waals surface area (Å²) in [6.07, 6.45) is 2.57. The molecule has 2 atom stereocenters. The van der Waals surface area contributed by atoms with Gasteiger partial charge in [0, 0.05) is 31.4 Å². The number of carbonyl (C=O) groups is 1. The quantitative estimate of drug-likeness (QED) is 0.800. The molecule has 1 aromatic rings. The Morgan fingerprint density at radius 2 is 2.41 bits per heavy atom. The molecule has 92 valence electrons. The second-order valence-corrected chi connectivity index (χ2v) is 4.60. The molecule has 2 unspecified atom stereocenters. The Balaban J connectivity index is 1.73. The van der Waals surface area contributed by atoms with E-state index in [1.165, 1.54) is 0 Å². The molecule has 0 spiro atoms. The van der Waals surface area contributed by atoms with Crippen molar-refractivity contribution in [3.63, 3.8) is 0 Å². The summed E-state index contributed by atoms with van der Waals surface area (Å²) in [5.74, 6) is 0.724. The van der Waals surface area contributed by atoms with Crippen molar-refractivity contribution in [1.29, 1.82) is 0 Å². The Hall–Kier alpha value is -1.42. The zero-order valence-electron chi connectivity index (χ0n) is 10.1. The van der Waals surface area contributed by atoms with Gasteiger partial charge >= 0.3 is 0 Å². The van der Waals surface area contributed by atoms with Crippen LogP contribution in [0, 0.1) is 11.8 Å². The number of pyridine rings is 1. The summed E-state index contributed by atoms with van der Waals surface area (Å²) in [7, 11) is 0. The van der Waals surface area contributed by atoms with Gasteiger partial charge in [0.2, 0.25) is 5.91 Å². The molecule has 2 heterocycles. The first-order chi connectivity index (χ1) is 8.27. The van der Waals surface area contributed by atoms with Gasteiger partial charge in [0.1, 0.15) is 0 Å². The molecule has 0 aliphatic carbocycles. The fraction of sp³-hybridized carbons (Fsp3) is 0.538. The summed E-state index contributed by atoms with van der Waals surface area (Å²) in [5, 5.41) is 6.22. The summed E-state index contributed by atoms with van der Waals surface area (Å²) in [6, 6.07) is 5.84. The van der Waals surface area contributed by atoms with Crippen LogP contribution in [0.3, 0.4) is 0 Å². The van der Waals surface area contributed by atoms with Gasteiger partial charge in [-0.25, -0.2) is 0 Å². The van der Waals surface area contributed by atoms with Crippen LogP contribution in [0.25, 0.3) is 0 Å². The summed E-state index contributed by atoms with van der Waals surface area (Å²) < 4.78 is 0. The van der Waals surface area contributed by atoms with Gasteiger partial charge in [0.05, 0.1) is 5.92 Å². The van der Waals surface area contributed by atoms with Crippen LogP contribution in [0.1, 0.15) is 12.6 Å². The van der Waals surface area contributed by atoms with Gasteiger partial charge in [0.15, 0.2) is 0 Å². The molecule has 0 aromatic carbocycles. The lowest BCUT2D eigenvalue weighted by atomic mass is 9.97. The number of hydrogen-bond donors (Lipinski definition) is 2. The number of amides is 1. The van der Waals surface area contributed by atoms with Crippen molar-refractivity contribution in [3.8, 4) is 0 Å². The standard InChI is InChI=1S/C13H19N3O/c1-10-8-14-9-12(10)13(17)16-7-5-11-4-2-3-6-15-11/h2-4,6,10,12,14H,5,7-9H2,1H3,(H,16,17). The molecule has 0 radical (unpaired) electrons. The highest BCUT2D eigenvalue weighted by atomic mass is 16.1. The number of nitrogens with one attached hydrogen (secondary N) is 2. The van der Waals surface area contributed by atoms with Crippen LogP contribution >= 0.6 is 0 Å². The van der Waals surface area contributed by atoms with Gasteiger partial charge in [-0.05, 0) is 24.6 Å². The van der Waals surface area contributed by atoms with E-state index in [1.807, 2.05) is 18.2 Å². The molecule has 2 rings (SSSR count). The number of aromatic nitrogens is 1. The monoisotopic (exact) mass is 233 g/mol. The van der Waals surface area contributed by atoms with Gasteiger partial charge in [0.25, 0.3) is 0 Å². The third kappa shape index (κ3) is 3.27. The van der Waals surface area contributed by atoms with Crippen LogP contribution in [0.4, 0.5) is 0 Å². The summed E-state index contributed by atoms with van der Waals surface area (Å²) in [6.45, 7) is 4.52. The lowest BCUT2D eigenvalue weighted by Crippen LogP contribution is -2.35. The smallest absolute Gasteiger partial charge is 0.224 e. The zero-order chi connectivity index (χ0) is 12.1. The highest BCUT2D eigenvalue weighted by molar-refractivity contribution is 5.79. The molecule has 2 N–H and O–H groups in total. The number of rotatable bonds is 4. The number of hydrogen-bond acceptors (Lipinski definition) is 3. The van der Waals surface area contributed by atoms with Crippen LogP contribution in [-0.2, 0) is 11.2 Å². The maximum atomic E-state index is 11.9. The van der Waals surface area contributed by atoms with Crippen LogP contribution in [-0.4, -0.2) is 30.5 Å². The first-order valence-electron chi connectivity index (χ1n) is 6.15. The van der Waals surface area contributed by atoms with Crippen LogP contribution in [0.2, 0.25) is 0 Å². The van der Waals surface area contributed by atoms with E-state index < -0.39 is 0 Å². The Morgan fingerprint density at radius 3 is 3.06 bits per heavy atom. The van der Waals surface area contributed by atoms with Crippen molar-refractivity contribution >= 4 is 5.91 Å². The average molecular weight is 233 g/mol. The lowest BCUT2D eigenvalue weighted by Gasteiger charge is -2.13. The normalized spacial score (nSPS) is 23.6. The largest absolute Gasteiger partial charge is 0.355 e. The Labute approximate surface area is 102 Å². The van der Waals surface area contributed by atoms with Gasteiger partial charge in [-0.3, -0.25) is 9.78 Å². The number of carbonyl (C=O) groups excluding carboxylic acids is 1. The van der Waals surface area contributed by atoms with E-state index in [2.05, 4.69) is 22.5 Å². The molecular formula is C13H19N3O. The Bertz CT molecular complexity index is 366. The maximum absolute atomic E-state index is 11.9. The summed E-state index contributed by atoms with van der Waals surface area (Å²) in [4.78, 5) is 16.1. The van der Waals surface area contributed by atoms with Gasteiger partial charge in [-0.1, -0.05) is 13.0 Å². The van der Waals surface area contributed by atoms with Crippen molar-refractivity contribution < 1.29 is 4.79 Å². The molecule has 1 fully saturated rings. The minimum Gasteiger partial charge on any atom is -0.355 e. The predicted molar refractivity (Wildman–Crippen MR) is 66.5 cm³/mol. The predicted octanol–water partition coefficient (Wildman–Crippen LogP) is 0.596. The second kappa shape index (κ2) is 5.77. The molecule has 1 amide bonds. The molecule has 1 aliphatic heterocycles. The number of nitrogens with zero attached hydrogens (tertiary/aromatic N) is 1. The van der Waals surface area contributed by atoms with Crippen molar-refractivity contribution in [3.05, 3.63) is 30.1 Å². The van der Waals surface area contributed by atoms with Crippen LogP contribution in [0.5, 0.6) is 0 Å². The molecule has 4 nitrogen and oxygen atoms in total. The van der Waals surface area contributed by atoms with Crippen molar-refractivity contribution in [1.82, 2.24) is 15.6 Å². The minimum absolute atomic E-state index is 0.124. The maximum Gasteiger partial charge on any atom is 0.224 e. The molecule has 4 heteroatoms. The molecule has 1 saturated heterocycles. The van der Waals surface area contributed by atoms with E-state index in [0.29, 0.717) is 12.5 Å². The summed E-state index contributed by atoms with van der Waals surface area (Å²) >= 11 is 0. The Kier molecular flexibility index (Phi) is 4.09. The van der Waals surface area contributed by atoms with E-state index >= 15 is 0 Å². The molecule has 1 aliphatic rings. The molecule has 0 saturated carbocycles. The van der Waals surface area contributed by atoms with Crippen molar-refractivity contribution in [2.45, 2.75) is 13.3 Å². The fourth-order valence-electron chi connectivity index (χ4n) is 2.15. The topological polar surface area (TPSA) is 54.0 Å². The van der Waals surface area contributed by atoms with Gasteiger partial charge < -0.3 is 10.6 Å². The third-order valence-corrected chi connectivity index (χ3v) is 3.26. The van der Waals surface area contributed by atoms with E-state index in [-0.39, 0.29) is 11.8 Å². The first kappa shape index (κ1) is 12.0. The van der Waals surface area contributed by atoms with E-state index in [0.717, 1.165) is 25.2 Å². The van der Waals surface area contributed by atoms with Crippen molar-refractivity contribution in [2.24, 2.45) is 11.8 Å². The molecule has 17 heavy (non-hydrogen) atoms.